The minimum absolute atomic E-state index is 0.0219. The Balaban J connectivity index is 1.68. The number of hydrogen-bond donors (Lipinski definition) is 3. The van der Waals surface area contributed by atoms with Crippen molar-refractivity contribution in [3.05, 3.63) is 94.0 Å². The van der Waals surface area contributed by atoms with Crippen LogP contribution in [0.5, 0.6) is 0 Å². The third-order valence-corrected chi connectivity index (χ3v) is 8.18. The normalized spacial score (nSPS) is 16.8. The van der Waals surface area contributed by atoms with Crippen LogP contribution in [0, 0.1) is 12.8 Å². The molecule has 3 aromatic carbocycles. The highest BCUT2D eigenvalue weighted by atomic mass is 35.5. The Morgan fingerprint density at radius 1 is 1.10 bits per heavy atom. The van der Waals surface area contributed by atoms with Crippen LogP contribution in [-0.4, -0.2) is 48.5 Å². The van der Waals surface area contributed by atoms with E-state index in [9.17, 15) is 14.7 Å². The van der Waals surface area contributed by atoms with Gasteiger partial charge in [0.15, 0.2) is 0 Å². The van der Waals surface area contributed by atoms with Gasteiger partial charge in [0.25, 0.3) is 5.91 Å². The minimum Gasteiger partial charge on any atom is -0.385 e. The zero-order chi connectivity index (χ0) is 28.7. The fourth-order valence-electron chi connectivity index (χ4n) is 5.86. The molecule has 0 bridgehead atoms. The van der Waals surface area contributed by atoms with E-state index in [1.807, 2.05) is 79.5 Å². The molecule has 1 saturated heterocycles. The van der Waals surface area contributed by atoms with Crippen molar-refractivity contribution in [1.29, 1.82) is 0 Å². The average molecular weight is 562 g/mol. The summed E-state index contributed by atoms with van der Waals surface area (Å²) in [6.45, 7) is 5.83. The van der Waals surface area contributed by atoms with Crippen LogP contribution in [0.4, 0.5) is 0 Å². The number of aliphatic hydroxyl groups is 1. The largest absolute Gasteiger partial charge is 0.385 e. The van der Waals surface area contributed by atoms with Crippen molar-refractivity contribution in [2.75, 3.05) is 26.7 Å². The summed E-state index contributed by atoms with van der Waals surface area (Å²) in [5.41, 5.74) is 4.16. The predicted molar refractivity (Wildman–Crippen MR) is 161 cm³/mol. The highest BCUT2D eigenvalue weighted by Crippen LogP contribution is 2.45. The Morgan fingerprint density at radius 2 is 1.85 bits per heavy atom. The summed E-state index contributed by atoms with van der Waals surface area (Å²) in [5.74, 6) is -0.318. The maximum atomic E-state index is 13.6. The number of hydrogen-bond acceptors (Lipinski definition) is 4. The molecule has 40 heavy (non-hydrogen) atoms. The number of nitrogens with zero attached hydrogens (tertiary/aromatic N) is 1. The molecule has 0 aliphatic carbocycles. The lowest BCUT2D eigenvalue weighted by molar-refractivity contribution is -0.119. The Hall–Kier alpha value is -3.19. The summed E-state index contributed by atoms with van der Waals surface area (Å²) in [6, 6.07) is 21.5. The van der Waals surface area contributed by atoms with E-state index in [2.05, 4.69) is 16.7 Å². The maximum Gasteiger partial charge on any atom is 0.253 e. The van der Waals surface area contributed by atoms with Crippen LogP contribution in [0.15, 0.2) is 66.7 Å². The van der Waals surface area contributed by atoms with Crippen molar-refractivity contribution in [2.24, 2.45) is 5.92 Å². The van der Waals surface area contributed by atoms with E-state index in [0.29, 0.717) is 43.1 Å². The van der Waals surface area contributed by atoms with E-state index in [4.69, 9.17) is 11.6 Å². The number of aryl methyl sites for hydroxylation is 1. The summed E-state index contributed by atoms with van der Waals surface area (Å²) in [4.78, 5) is 27.0. The molecule has 3 N–H and O–H groups in total. The first-order valence-corrected chi connectivity index (χ1v) is 14.5. The van der Waals surface area contributed by atoms with E-state index in [1.54, 1.807) is 0 Å². The number of rotatable bonds is 10. The lowest BCUT2D eigenvalue weighted by atomic mass is 9.72. The highest BCUT2D eigenvalue weighted by Gasteiger charge is 2.43. The molecule has 6 nitrogen and oxygen atoms in total. The van der Waals surface area contributed by atoms with Gasteiger partial charge in [-0.05, 0) is 74.5 Å². The fourth-order valence-corrected chi connectivity index (χ4v) is 6.15. The average Bonchev–Trinajstić information content (AvgIpc) is 2.95. The molecule has 2 amide bonds. The second kappa shape index (κ2) is 13.4. The van der Waals surface area contributed by atoms with Crippen LogP contribution >= 0.6 is 11.6 Å². The molecule has 0 radical (unpaired) electrons. The van der Waals surface area contributed by atoms with Gasteiger partial charge >= 0.3 is 0 Å². The van der Waals surface area contributed by atoms with Crippen molar-refractivity contribution in [1.82, 2.24) is 15.5 Å². The summed E-state index contributed by atoms with van der Waals surface area (Å²) in [5, 5.41) is 19.2. The van der Waals surface area contributed by atoms with Crippen molar-refractivity contribution < 1.29 is 14.7 Å². The molecular weight excluding hydrogens is 522 g/mol. The predicted octanol–water partition coefficient (Wildman–Crippen LogP) is 5.69. The summed E-state index contributed by atoms with van der Waals surface area (Å²) >= 11 is 6.82. The Bertz CT molecular complexity index is 1330. The Morgan fingerprint density at radius 3 is 2.55 bits per heavy atom. The van der Waals surface area contributed by atoms with Crippen LogP contribution < -0.4 is 10.6 Å². The number of nitrogens with one attached hydrogen (secondary N) is 2. The van der Waals surface area contributed by atoms with Gasteiger partial charge < -0.3 is 20.6 Å². The molecule has 0 saturated carbocycles. The van der Waals surface area contributed by atoms with E-state index in [0.717, 1.165) is 47.2 Å². The second-order valence-corrected chi connectivity index (χ2v) is 11.3. The fraction of sp³-hybridized carbons (Fsp3) is 0.394. The van der Waals surface area contributed by atoms with Gasteiger partial charge in [0.05, 0.1) is 5.60 Å². The molecule has 1 heterocycles. The molecule has 4 rings (SSSR count). The molecule has 1 fully saturated rings. The molecule has 7 heteroatoms. The summed E-state index contributed by atoms with van der Waals surface area (Å²) in [6.07, 6.45) is 2.59. The third-order valence-electron chi connectivity index (χ3n) is 7.86. The second-order valence-electron chi connectivity index (χ2n) is 10.9. The number of piperidine rings is 1. The quantitative estimate of drug-likeness (QED) is 0.278. The topological polar surface area (TPSA) is 81.7 Å². The number of likely N-dealkylation sites (tertiary alicyclic amines) is 1. The molecule has 0 spiro atoms. The summed E-state index contributed by atoms with van der Waals surface area (Å²) in [7, 11) is 1.90. The lowest BCUT2D eigenvalue weighted by Gasteiger charge is -2.44. The van der Waals surface area contributed by atoms with Crippen molar-refractivity contribution in [3.8, 4) is 11.1 Å². The van der Waals surface area contributed by atoms with Crippen LogP contribution in [0.3, 0.4) is 0 Å². The van der Waals surface area contributed by atoms with Crippen molar-refractivity contribution in [2.45, 2.75) is 51.7 Å². The van der Waals surface area contributed by atoms with Crippen LogP contribution in [0.2, 0.25) is 5.02 Å². The zero-order valence-electron chi connectivity index (χ0n) is 23.7. The van der Waals surface area contributed by atoms with Crippen molar-refractivity contribution >= 4 is 23.4 Å². The minimum atomic E-state index is -1.25. The number of carbonyl (C=O) groups excluding carboxylic acids is 2. The molecule has 3 aromatic rings. The van der Waals surface area contributed by atoms with Gasteiger partial charge in [-0.3, -0.25) is 9.59 Å². The summed E-state index contributed by atoms with van der Waals surface area (Å²) < 4.78 is 0. The monoisotopic (exact) mass is 561 g/mol. The first kappa shape index (κ1) is 29.8. The number of halogens is 1. The van der Waals surface area contributed by atoms with Gasteiger partial charge in [-0.2, -0.15) is 0 Å². The highest BCUT2D eigenvalue weighted by molar-refractivity contribution is 6.33. The third kappa shape index (κ3) is 6.92. The molecule has 0 aromatic heterocycles. The van der Waals surface area contributed by atoms with Gasteiger partial charge in [-0.25, -0.2) is 0 Å². The van der Waals surface area contributed by atoms with Gasteiger partial charge in [-0.1, -0.05) is 65.7 Å². The SMILES string of the molecule is CNCc1ccc(C(=O)N2CCCC(C(O)(CCCNC(C)=O)c3cccc(Cl)c3-c3cccc(C)c3)C2)cc1. The molecule has 2 unspecified atom stereocenters. The van der Waals surface area contributed by atoms with Gasteiger partial charge in [0.1, 0.15) is 0 Å². The molecule has 1 aliphatic rings. The van der Waals surface area contributed by atoms with E-state index < -0.39 is 5.60 Å². The van der Waals surface area contributed by atoms with Crippen LogP contribution in [0.1, 0.15) is 59.7 Å². The van der Waals surface area contributed by atoms with E-state index >= 15 is 0 Å². The van der Waals surface area contributed by atoms with Gasteiger partial charge in [0.2, 0.25) is 5.91 Å². The Labute approximate surface area is 242 Å². The van der Waals surface area contributed by atoms with Gasteiger partial charge in [0, 0.05) is 55.2 Å². The standard InChI is InChI=1S/C33H40ClN3O3/c1-23-8-4-9-27(20-23)31-29(11-5-12-30(31)34)33(40,17-7-18-36-24(2)38)28-10-6-19-37(22-28)32(39)26-15-13-25(14-16-26)21-35-3/h4-5,8-9,11-16,20,28,35,40H,6-7,10,17-19,21-22H2,1-3H3,(H,36,38). The van der Waals surface area contributed by atoms with Crippen LogP contribution in [0.25, 0.3) is 11.1 Å². The molecule has 212 valence electrons. The van der Waals surface area contributed by atoms with Crippen LogP contribution in [-0.2, 0) is 16.9 Å². The van der Waals surface area contributed by atoms with Crippen molar-refractivity contribution in [3.63, 3.8) is 0 Å². The lowest BCUT2D eigenvalue weighted by Crippen LogP contribution is -2.48. The first-order valence-electron chi connectivity index (χ1n) is 14.1. The number of amides is 2. The molecule has 1 aliphatic heterocycles. The molecular formula is C33H40ClN3O3. The first-order chi connectivity index (χ1) is 19.2. The zero-order valence-corrected chi connectivity index (χ0v) is 24.4. The maximum absolute atomic E-state index is 13.6. The Kier molecular flexibility index (Phi) is 10.0. The number of benzene rings is 3. The van der Waals surface area contributed by atoms with E-state index in [1.165, 1.54) is 6.92 Å². The molecule has 2 atom stereocenters. The number of carbonyl (C=O) groups is 2. The van der Waals surface area contributed by atoms with Gasteiger partial charge in [-0.15, -0.1) is 0 Å². The smallest absolute Gasteiger partial charge is 0.253 e. The van der Waals surface area contributed by atoms with E-state index in [-0.39, 0.29) is 17.7 Å².